The lowest BCUT2D eigenvalue weighted by molar-refractivity contribution is 0.0946. The minimum atomic E-state index is -0.196. The standard InChI is InChI=1S/C24H24ClN5O2/c1-32-17-23-22(24(31)26-13-20-4-2-5-21(25)12-20)16-30(28-23)15-19-8-6-18(7-9-19)14-29-11-3-10-27-29/h2-12,16H,13-15,17H2,1H3,(H,26,31). The van der Waals surface area contributed by atoms with Crippen molar-refractivity contribution in [1.29, 1.82) is 0 Å². The van der Waals surface area contributed by atoms with Gasteiger partial charge in [-0.1, -0.05) is 48.0 Å². The molecule has 0 unspecified atom stereocenters. The molecule has 2 aromatic heterocycles. The fourth-order valence-electron chi connectivity index (χ4n) is 3.42. The predicted molar refractivity (Wildman–Crippen MR) is 122 cm³/mol. The van der Waals surface area contributed by atoms with Crippen LogP contribution in [0.15, 0.2) is 73.2 Å². The second kappa shape index (κ2) is 10.3. The first-order valence-corrected chi connectivity index (χ1v) is 10.6. The monoisotopic (exact) mass is 449 g/mol. The smallest absolute Gasteiger partial charge is 0.255 e. The summed E-state index contributed by atoms with van der Waals surface area (Å²) in [4.78, 5) is 12.8. The highest BCUT2D eigenvalue weighted by molar-refractivity contribution is 6.30. The molecule has 164 valence electrons. The number of nitrogens with one attached hydrogen (secondary N) is 1. The molecule has 4 aromatic rings. The van der Waals surface area contributed by atoms with Crippen LogP contribution in [0.3, 0.4) is 0 Å². The molecule has 0 aliphatic heterocycles. The van der Waals surface area contributed by atoms with E-state index in [1.165, 1.54) is 5.56 Å². The van der Waals surface area contributed by atoms with Crippen LogP contribution in [0, 0.1) is 0 Å². The van der Waals surface area contributed by atoms with Crippen LogP contribution in [0.2, 0.25) is 5.02 Å². The van der Waals surface area contributed by atoms with Crippen LogP contribution in [0.5, 0.6) is 0 Å². The van der Waals surface area contributed by atoms with E-state index >= 15 is 0 Å². The Labute approximate surface area is 191 Å². The molecule has 0 aliphatic carbocycles. The van der Waals surface area contributed by atoms with E-state index < -0.39 is 0 Å². The maximum atomic E-state index is 12.8. The van der Waals surface area contributed by atoms with Gasteiger partial charge in [0.05, 0.1) is 25.3 Å². The average Bonchev–Trinajstić information content (AvgIpc) is 3.44. The number of benzene rings is 2. The molecular weight excluding hydrogens is 426 g/mol. The number of carbonyl (C=O) groups excluding carboxylic acids is 1. The van der Waals surface area contributed by atoms with Crippen molar-refractivity contribution < 1.29 is 9.53 Å². The van der Waals surface area contributed by atoms with Gasteiger partial charge in [0.2, 0.25) is 0 Å². The summed E-state index contributed by atoms with van der Waals surface area (Å²) in [5.41, 5.74) is 4.29. The highest BCUT2D eigenvalue weighted by atomic mass is 35.5. The van der Waals surface area contributed by atoms with Gasteiger partial charge in [0.15, 0.2) is 0 Å². The lowest BCUT2D eigenvalue weighted by Crippen LogP contribution is -2.23. The first-order valence-electron chi connectivity index (χ1n) is 10.2. The Kier molecular flexibility index (Phi) is 6.99. The van der Waals surface area contributed by atoms with Crippen LogP contribution in [-0.2, 0) is 31.0 Å². The van der Waals surface area contributed by atoms with Crippen molar-refractivity contribution >= 4 is 17.5 Å². The maximum absolute atomic E-state index is 12.8. The molecule has 32 heavy (non-hydrogen) atoms. The highest BCUT2D eigenvalue weighted by Crippen LogP contribution is 2.14. The third-order valence-electron chi connectivity index (χ3n) is 4.98. The zero-order chi connectivity index (χ0) is 22.3. The van der Waals surface area contributed by atoms with E-state index in [2.05, 4.69) is 39.8 Å². The summed E-state index contributed by atoms with van der Waals surface area (Å²) >= 11 is 6.02. The summed E-state index contributed by atoms with van der Waals surface area (Å²) in [5, 5.41) is 12.4. The normalized spacial score (nSPS) is 10.9. The summed E-state index contributed by atoms with van der Waals surface area (Å²) in [6.45, 7) is 1.93. The van der Waals surface area contributed by atoms with Gasteiger partial charge in [-0.3, -0.25) is 14.2 Å². The molecule has 0 spiro atoms. The van der Waals surface area contributed by atoms with Gasteiger partial charge in [0, 0.05) is 37.3 Å². The quantitative estimate of drug-likeness (QED) is 0.420. The summed E-state index contributed by atoms with van der Waals surface area (Å²) in [7, 11) is 1.59. The zero-order valence-corrected chi connectivity index (χ0v) is 18.5. The van der Waals surface area contributed by atoms with Crippen molar-refractivity contribution in [2.24, 2.45) is 0 Å². The van der Waals surface area contributed by atoms with Crippen molar-refractivity contribution in [1.82, 2.24) is 24.9 Å². The van der Waals surface area contributed by atoms with Crippen LogP contribution < -0.4 is 5.32 Å². The number of methoxy groups -OCH3 is 1. The Morgan fingerprint density at radius 2 is 1.78 bits per heavy atom. The van der Waals surface area contributed by atoms with E-state index in [1.807, 2.05) is 35.1 Å². The number of hydrogen-bond acceptors (Lipinski definition) is 4. The van der Waals surface area contributed by atoms with Crippen molar-refractivity contribution in [3.05, 3.63) is 106 Å². The summed E-state index contributed by atoms with van der Waals surface area (Å²) in [6.07, 6.45) is 5.47. The third kappa shape index (κ3) is 5.63. The maximum Gasteiger partial charge on any atom is 0.255 e. The molecule has 0 radical (unpaired) electrons. The van der Waals surface area contributed by atoms with Gasteiger partial charge in [-0.15, -0.1) is 0 Å². The Balaban J connectivity index is 1.43. The van der Waals surface area contributed by atoms with Crippen LogP contribution >= 0.6 is 11.6 Å². The largest absolute Gasteiger partial charge is 0.378 e. The number of halogens is 1. The molecule has 1 amide bonds. The van der Waals surface area contributed by atoms with Crippen LogP contribution in [-0.4, -0.2) is 32.6 Å². The van der Waals surface area contributed by atoms with Crippen LogP contribution in [0.25, 0.3) is 0 Å². The summed E-state index contributed by atoms with van der Waals surface area (Å²) < 4.78 is 8.90. The van der Waals surface area contributed by atoms with E-state index in [0.717, 1.165) is 17.7 Å². The first-order chi connectivity index (χ1) is 15.6. The van der Waals surface area contributed by atoms with Crippen LogP contribution in [0.4, 0.5) is 0 Å². The Morgan fingerprint density at radius 1 is 1.03 bits per heavy atom. The molecular formula is C24H24ClN5O2. The number of ether oxygens (including phenoxy) is 1. The number of amides is 1. The van der Waals surface area contributed by atoms with Crippen molar-refractivity contribution in [2.75, 3.05) is 7.11 Å². The predicted octanol–water partition coefficient (Wildman–Crippen LogP) is 3.91. The highest BCUT2D eigenvalue weighted by Gasteiger charge is 2.16. The minimum Gasteiger partial charge on any atom is -0.378 e. The van der Waals surface area contributed by atoms with Crippen molar-refractivity contribution in [3.63, 3.8) is 0 Å². The van der Waals surface area contributed by atoms with Gasteiger partial charge in [0.25, 0.3) is 5.91 Å². The molecule has 0 bridgehead atoms. The second-order valence-corrected chi connectivity index (χ2v) is 7.89. The van der Waals surface area contributed by atoms with Gasteiger partial charge in [0.1, 0.15) is 5.69 Å². The van der Waals surface area contributed by atoms with Gasteiger partial charge in [-0.2, -0.15) is 10.2 Å². The molecule has 2 aromatic carbocycles. The minimum absolute atomic E-state index is 0.196. The van der Waals surface area contributed by atoms with Crippen molar-refractivity contribution in [2.45, 2.75) is 26.2 Å². The van der Waals surface area contributed by atoms with E-state index in [-0.39, 0.29) is 12.5 Å². The lowest BCUT2D eigenvalue weighted by Gasteiger charge is -2.06. The van der Waals surface area contributed by atoms with Gasteiger partial charge >= 0.3 is 0 Å². The Hall–Kier alpha value is -3.42. The zero-order valence-electron chi connectivity index (χ0n) is 17.7. The van der Waals surface area contributed by atoms with Gasteiger partial charge in [-0.25, -0.2) is 0 Å². The molecule has 0 aliphatic rings. The number of nitrogens with zero attached hydrogens (tertiary/aromatic N) is 4. The first kappa shape index (κ1) is 21.8. The fourth-order valence-corrected chi connectivity index (χ4v) is 3.63. The van der Waals surface area contributed by atoms with E-state index in [9.17, 15) is 4.79 Å². The SMILES string of the molecule is COCc1nn(Cc2ccc(Cn3cccn3)cc2)cc1C(=O)NCc1cccc(Cl)c1. The molecule has 2 heterocycles. The lowest BCUT2D eigenvalue weighted by atomic mass is 10.1. The van der Waals surface area contributed by atoms with E-state index in [4.69, 9.17) is 16.3 Å². The molecule has 7 nitrogen and oxygen atoms in total. The third-order valence-corrected chi connectivity index (χ3v) is 5.21. The van der Waals surface area contributed by atoms with E-state index in [1.54, 1.807) is 30.3 Å². The van der Waals surface area contributed by atoms with Crippen LogP contribution in [0.1, 0.15) is 32.7 Å². The summed E-state index contributed by atoms with van der Waals surface area (Å²) in [5.74, 6) is -0.196. The van der Waals surface area contributed by atoms with Gasteiger partial charge < -0.3 is 10.1 Å². The van der Waals surface area contributed by atoms with Gasteiger partial charge in [-0.05, 0) is 34.9 Å². The molecule has 4 rings (SSSR count). The van der Waals surface area contributed by atoms with E-state index in [0.29, 0.717) is 29.4 Å². The number of carbonyl (C=O) groups is 1. The average molecular weight is 450 g/mol. The molecule has 0 fully saturated rings. The molecule has 1 N–H and O–H groups in total. The molecule has 0 saturated carbocycles. The summed E-state index contributed by atoms with van der Waals surface area (Å²) in [6, 6.07) is 17.6. The Morgan fingerprint density at radius 3 is 2.44 bits per heavy atom. The number of hydrogen-bond donors (Lipinski definition) is 1. The second-order valence-electron chi connectivity index (χ2n) is 7.45. The molecule has 0 saturated heterocycles. The number of aromatic nitrogens is 4. The number of rotatable bonds is 9. The Bertz CT molecular complexity index is 1170. The molecule has 0 atom stereocenters. The van der Waals surface area contributed by atoms with Crippen molar-refractivity contribution in [3.8, 4) is 0 Å². The molecule has 8 heteroatoms. The topological polar surface area (TPSA) is 74.0 Å². The fraction of sp³-hybridized carbons (Fsp3) is 0.208.